The molecule has 0 aliphatic carbocycles. The molecule has 0 unspecified atom stereocenters. The quantitative estimate of drug-likeness (QED) is 0.735. The minimum Gasteiger partial charge on any atom is -0.465 e. The van der Waals surface area contributed by atoms with Gasteiger partial charge >= 0.3 is 5.97 Å². The van der Waals surface area contributed by atoms with E-state index in [2.05, 4.69) is 14.6 Å². The first-order chi connectivity index (χ1) is 8.22. The number of ether oxygens (including phenoxy) is 1. The van der Waals surface area contributed by atoms with Crippen LogP contribution in [0.25, 0.3) is 0 Å². The molecule has 92 valence electrons. The van der Waals surface area contributed by atoms with E-state index in [1.54, 1.807) is 6.20 Å². The van der Waals surface area contributed by atoms with Crippen molar-refractivity contribution in [3.05, 3.63) is 23.4 Å². The summed E-state index contributed by atoms with van der Waals surface area (Å²) in [6.45, 7) is 4.11. The number of anilines is 1. The van der Waals surface area contributed by atoms with E-state index in [0.717, 1.165) is 24.5 Å². The van der Waals surface area contributed by atoms with Gasteiger partial charge in [0.05, 0.1) is 12.7 Å². The Labute approximate surface area is 102 Å². The third kappa shape index (κ3) is 2.57. The van der Waals surface area contributed by atoms with Crippen molar-refractivity contribution >= 4 is 11.8 Å². The number of aromatic nitrogens is 1. The number of rotatable bonds is 2. The summed E-state index contributed by atoms with van der Waals surface area (Å²) < 4.78 is 4.68. The van der Waals surface area contributed by atoms with Gasteiger partial charge in [-0.3, -0.25) is 0 Å². The van der Waals surface area contributed by atoms with E-state index in [0.29, 0.717) is 5.56 Å². The lowest BCUT2D eigenvalue weighted by molar-refractivity contribution is 0.0600. The molecular weight excluding hydrogens is 216 g/mol. The highest BCUT2D eigenvalue weighted by molar-refractivity contribution is 5.89. The zero-order valence-electron chi connectivity index (χ0n) is 10.4. The van der Waals surface area contributed by atoms with Gasteiger partial charge < -0.3 is 9.64 Å². The van der Waals surface area contributed by atoms with Crippen LogP contribution in [-0.4, -0.2) is 31.2 Å². The van der Waals surface area contributed by atoms with Gasteiger partial charge in [0.2, 0.25) is 0 Å². The Morgan fingerprint density at radius 1 is 1.35 bits per heavy atom. The lowest BCUT2D eigenvalue weighted by atomic mass is 10.1. The van der Waals surface area contributed by atoms with Crippen molar-refractivity contribution in [2.24, 2.45) is 0 Å². The third-order valence-electron chi connectivity index (χ3n) is 3.13. The number of esters is 1. The lowest BCUT2D eigenvalue weighted by Gasteiger charge is -2.29. The van der Waals surface area contributed by atoms with Gasteiger partial charge in [0.25, 0.3) is 0 Å². The molecule has 1 aliphatic rings. The number of carbonyl (C=O) groups is 1. The Balaban J connectivity index is 2.21. The maximum atomic E-state index is 11.4. The summed E-state index contributed by atoms with van der Waals surface area (Å²) >= 11 is 0. The highest BCUT2D eigenvalue weighted by Crippen LogP contribution is 2.22. The van der Waals surface area contributed by atoms with E-state index in [-0.39, 0.29) is 5.97 Å². The van der Waals surface area contributed by atoms with E-state index in [1.807, 2.05) is 13.0 Å². The molecule has 0 saturated carbocycles. The van der Waals surface area contributed by atoms with Crippen molar-refractivity contribution in [1.82, 2.24) is 4.98 Å². The summed E-state index contributed by atoms with van der Waals surface area (Å²) in [6, 6.07) is 1.85. The zero-order chi connectivity index (χ0) is 12.3. The van der Waals surface area contributed by atoms with Crippen molar-refractivity contribution in [2.75, 3.05) is 25.1 Å². The summed E-state index contributed by atoms with van der Waals surface area (Å²) in [7, 11) is 1.39. The zero-order valence-corrected chi connectivity index (χ0v) is 10.4. The molecule has 1 aliphatic heterocycles. The highest BCUT2D eigenvalue weighted by Gasteiger charge is 2.16. The molecule has 1 fully saturated rings. The van der Waals surface area contributed by atoms with Crippen molar-refractivity contribution < 1.29 is 9.53 Å². The maximum absolute atomic E-state index is 11.4. The monoisotopic (exact) mass is 234 g/mol. The molecule has 17 heavy (non-hydrogen) atoms. The molecule has 1 aromatic heterocycles. The molecule has 0 spiro atoms. The van der Waals surface area contributed by atoms with Crippen molar-refractivity contribution in [1.29, 1.82) is 0 Å². The number of pyridine rings is 1. The van der Waals surface area contributed by atoms with Crippen LogP contribution in [0.4, 0.5) is 5.82 Å². The number of methoxy groups -OCH3 is 1. The fourth-order valence-electron chi connectivity index (χ4n) is 2.23. The van der Waals surface area contributed by atoms with Crippen LogP contribution in [0.1, 0.15) is 35.2 Å². The first kappa shape index (κ1) is 11.9. The molecule has 4 heteroatoms. The number of hydrogen-bond donors (Lipinski definition) is 0. The molecule has 0 bridgehead atoms. The van der Waals surface area contributed by atoms with E-state index in [1.165, 1.54) is 26.4 Å². The molecule has 0 amide bonds. The van der Waals surface area contributed by atoms with Gasteiger partial charge in [0.1, 0.15) is 5.82 Å². The van der Waals surface area contributed by atoms with Gasteiger partial charge in [-0.15, -0.1) is 0 Å². The average Bonchev–Trinajstić information content (AvgIpc) is 2.38. The minimum atomic E-state index is -0.328. The summed E-state index contributed by atoms with van der Waals surface area (Å²) in [5.41, 5.74) is 1.56. The normalized spacial score (nSPS) is 15.8. The van der Waals surface area contributed by atoms with Crippen LogP contribution in [0.3, 0.4) is 0 Å². The van der Waals surface area contributed by atoms with Gasteiger partial charge in [-0.1, -0.05) is 0 Å². The second kappa shape index (κ2) is 5.17. The van der Waals surface area contributed by atoms with Crippen molar-refractivity contribution in [3.8, 4) is 0 Å². The van der Waals surface area contributed by atoms with Gasteiger partial charge in [-0.25, -0.2) is 9.78 Å². The standard InChI is InChI=1S/C13H18N2O2/c1-10-8-11(13(16)17-2)9-14-12(10)15-6-4-3-5-7-15/h8-9H,3-7H2,1-2H3. The number of aryl methyl sites for hydroxylation is 1. The first-order valence-electron chi connectivity index (χ1n) is 6.02. The topological polar surface area (TPSA) is 42.4 Å². The van der Waals surface area contributed by atoms with Gasteiger partial charge in [0.15, 0.2) is 0 Å². The predicted molar refractivity (Wildman–Crippen MR) is 66.4 cm³/mol. The van der Waals surface area contributed by atoms with Crippen LogP contribution < -0.4 is 4.90 Å². The Kier molecular flexibility index (Phi) is 3.61. The SMILES string of the molecule is COC(=O)c1cnc(N2CCCCC2)c(C)c1. The van der Waals surface area contributed by atoms with E-state index < -0.39 is 0 Å². The van der Waals surface area contributed by atoms with Crippen LogP contribution in [0.2, 0.25) is 0 Å². The summed E-state index contributed by atoms with van der Waals surface area (Å²) in [4.78, 5) is 18.1. The van der Waals surface area contributed by atoms with Gasteiger partial charge in [-0.2, -0.15) is 0 Å². The molecule has 2 heterocycles. The van der Waals surface area contributed by atoms with Gasteiger partial charge in [-0.05, 0) is 37.8 Å². The fourth-order valence-corrected chi connectivity index (χ4v) is 2.23. The molecule has 2 rings (SSSR count). The van der Waals surface area contributed by atoms with Crippen LogP contribution in [0.15, 0.2) is 12.3 Å². The summed E-state index contributed by atoms with van der Waals surface area (Å²) in [5.74, 6) is 0.670. The van der Waals surface area contributed by atoms with E-state index >= 15 is 0 Å². The van der Waals surface area contributed by atoms with Crippen molar-refractivity contribution in [2.45, 2.75) is 26.2 Å². The van der Waals surface area contributed by atoms with Crippen LogP contribution >= 0.6 is 0 Å². The third-order valence-corrected chi connectivity index (χ3v) is 3.13. The molecule has 0 aromatic carbocycles. The number of hydrogen-bond acceptors (Lipinski definition) is 4. The molecule has 1 saturated heterocycles. The average molecular weight is 234 g/mol. The smallest absolute Gasteiger partial charge is 0.339 e. The summed E-state index contributed by atoms with van der Waals surface area (Å²) in [5, 5.41) is 0. The van der Waals surface area contributed by atoms with E-state index in [9.17, 15) is 4.79 Å². The number of carbonyl (C=O) groups excluding carboxylic acids is 1. The molecule has 4 nitrogen and oxygen atoms in total. The molecule has 0 radical (unpaired) electrons. The summed E-state index contributed by atoms with van der Waals surface area (Å²) in [6.07, 6.45) is 5.35. The Morgan fingerprint density at radius 2 is 2.06 bits per heavy atom. The van der Waals surface area contributed by atoms with Crippen molar-refractivity contribution in [3.63, 3.8) is 0 Å². The molecule has 0 atom stereocenters. The maximum Gasteiger partial charge on any atom is 0.339 e. The Hall–Kier alpha value is -1.58. The fraction of sp³-hybridized carbons (Fsp3) is 0.538. The second-order valence-corrected chi connectivity index (χ2v) is 4.40. The molecule has 1 aromatic rings. The Bertz CT molecular complexity index is 412. The largest absolute Gasteiger partial charge is 0.465 e. The van der Waals surface area contributed by atoms with Crippen LogP contribution in [0, 0.1) is 6.92 Å². The first-order valence-corrected chi connectivity index (χ1v) is 6.02. The molecule has 0 N–H and O–H groups in total. The molecular formula is C13H18N2O2. The van der Waals surface area contributed by atoms with Crippen LogP contribution in [0.5, 0.6) is 0 Å². The highest BCUT2D eigenvalue weighted by atomic mass is 16.5. The Morgan fingerprint density at radius 3 is 2.65 bits per heavy atom. The lowest BCUT2D eigenvalue weighted by Crippen LogP contribution is -2.30. The van der Waals surface area contributed by atoms with Crippen LogP contribution in [-0.2, 0) is 4.74 Å². The predicted octanol–water partition coefficient (Wildman–Crippen LogP) is 2.17. The second-order valence-electron chi connectivity index (χ2n) is 4.40. The van der Waals surface area contributed by atoms with E-state index in [4.69, 9.17) is 0 Å². The van der Waals surface area contributed by atoms with Gasteiger partial charge in [0, 0.05) is 19.3 Å². The minimum absolute atomic E-state index is 0.328. The number of piperidine rings is 1. The number of nitrogens with zero attached hydrogens (tertiary/aromatic N) is 2.